The van der Waals surface area contributed by atoms with Crippen molar-refractivity contribution < 1.29 is 9.18 Å². The Morgan fingerprint density at radius 3 is 2.67 bits per heavy atom. The number of benzene rings is 1. The predicted octanol–water partition coefficient (Wildman–Crippen LogP) is 2.58. The summed E-state index contributed by atoms with van der Waals surface area (Å²) in [6.07, 6.45) is 1.29. The molecule has 0 saturated heterocycles. The van der Waals surface area contributed by atoms with Crippen molar-refractivity contribution in [3.63, 3.8) is 0 Å². The molecule has 0 aliphatic carbocycles. The third-order valence-electron chi connectivity index (χ3n) is 2.45. The normalized spacial score (nSPS) is 12.3. The molecule has 0 heterocycles. The van der Waals surface area contributed by atoms with Gasteiger partial charge in [0.05, 0.1) is 5.69 Å². The molecule has 1 aromatic rings. The van der Waals surface area contributed by atoms with E-state index in [4.69, 9.17) is 0 Å². The van der Waals surface area contributed by atoms with Gasteiger partial charge in [-0.2, -0.15) is 0 Å². The second kappa shape index (κ2) is 4.91. The van der Waals surface area contributed by atoms with Gasteiger partial charge in [-0.05, 0) is 17.5 Å². The molecule has 15 heavy (non-hydrogen) atoms. The third-order valence-corrected chi connectivity index (χ3v) is 2.45. The zero-order chi connectivity index (χ0) is 11.4. The van der Waals surface area contributed by atoms with Crippen LogP contribution in [0.1, 0.15) is 24.8 Å². The number of hydrogen-bond acceptors (Lipinski definition) is 2. The van der Waals surface area contributed by atoms with Crippen LogP contribution in [0.4, 0.5) is 10.1 Å². The SMILES string of the molecule is CC(CC=O)c1cccc(F)c1N(C)C. The standard InChI is InChI=1S/C12H16FNO/c1-9(7-8-15)10-5-4-6-11(13)12(10)14(2)3/h4-6,8-9H,7H2,1-3H3. The first kappa shape index (κ1) is 11.7. The van der Waals surface area contributed by atoms with Gasteiger partial charge in [-0.1, -0.05) is 19.1 Å². The van der Waals surface area contributed by atoms with Crippen LogP contribution in [0.2, 0.25) is 0 Å². The number of halogens is 1. The Morgan fingerprint density at radius 1 is 1.47 bits per heavy atom. The number of para-hydroxylation sites is 1. The molecule has 0 spiro atoms. The molecular formula is C12H16FNO. The van der Waals surface area contributed by atoms with E-state index >= 15 is 0 Å². The summed E-state index contributed by atoms with van der Waals surface area (Å²) >= 11 is 0. The third kappa shape index (κ3) is 2.55. The van der Waals surface area contributed by atoms with Gasteiger partial charge >= 0.3 is 0 Å². The highest BCUT2D eigenvalue weighted by atomic mass is 19.1. The minimum atomic E-state index is -0.241. The van der Waals surface area contributed by atoms with Gasteiger partial charge in [0.25, 0.3) is 0 Å². The number of aldehydes is 1. The fourth-order valence-electron chi connectivity index (χ4n) is 1.67. The lowest BCUT2D eigenvalue weighted by atomic mass is 9.96. The molecule has 82 valence electrons. The molecule has 0 saturated carbocycles. The fourth-order valence-corrected chi connectivity index (χ4v) is 1.67. The second-order valence-electron chi connectivity index (χ2n) is 3.88. The van der Waals surface area contributed by atoms with Crippen molar-refractivity contribution in [3.05, 3.63) is 29.6 Å². The lowest BCUT2D eigenvalue weighted by molar-refractivity contribution is -0.108. The molecule has 1 unspecified atom stereocenters. The summed E-state index contributed by atoms with van der Waals surface area (Å²) in [5.41, 5.74) is 1.46. The minimum Gasteiger partial charge on any atom is -0.375 e. The van der Waals surface area contributed by atoms with Gasteiger partial charge in [-0.15, -0.1) is 0 Å². The zero-order valence-corrected chi connectivity index (χ0v) is 9.33. The lowest BCUT2D eigenvalue weighted by Gasteiger charge is -2.21. The number of nitrogens with zero attached hydrogens (tertiary/aromatic N) is 1. The van der Waals surface area contributed by atoms with Crippen LogP contribution in [0.15, 0.2) is 18.2 Å². The highest BCUT2D eigenvalue weighted by Gasteiger charge is 2.15. The highest BCUT2D eigenvalue weighted by molar-refractivity contribution is 5.58. The van der Waals surface area contributed by atoms with Crippen LogP contribution >= 0.6 is 0 Å². The summed E-state index contributed by atoms with van der Waals surface area (Å²) in [6, 6.07) is 4.98. The largest absolute Gasteiger partial charge is 0.375 e. The number of rotatable bonds is 4. The van der Waals surface area contributed by atoms with Crippen molar-refractivity contribution in [1.82, 2.24) is 0 Å². The van der Waals surface area contributed by atoms with Gasteiger partial charge in [-0.25, -0.2) is 4.39 Å². The fraction of sp³-hybridized carbons (Fsp3) is 0.417. The molecular weight excluding hydrogens is 193 g/mol. The Labute approximate surface area is 89.7 Å². The molecule has 0 fully saturated rings. The average molecular weight is 209 g/mol. The quantitative estimate of drug-likeness (QED) is 0.710. The zero-order valence-electron chi connectivity index (χ0n) is 9.33. The first-order valence-corrected chi connectivity index (χ1v) is 4.97. The van der Waals surface area contributed by atoms with Crippen molar-refractivity contribution in [2.24, 2.45) is 0 Å². The molecule has 0 radical (unpaired) electrons. The first-order valence-electron chi connectivity index (χ1n) is 4.97. The molecule has 2 nitrogen and oxygen atoms in total. The van der Waals surface area contributed by atoms with Gasteiger partial charge in [0.2, 0.25) is 0 Å². The van der Waals surface area contributed by atoms with Crippen LogP contribution < -0.4 is 4.90 Å². The van der Waals surface area contributed by atoms with E-state index in [0.717, 1.165) is 11.8 Å². The van der Waals surface area contributed by atoms with E-state index in [9.17, 15) is 9.18 Å². The Balaban J connectivity index is 3.16. The Hall–Kier alpha value is -1.38. The maximum Gasteiger partial charge on any atom is 0.146 e. The van der Waals surface area contributed by atoms with Gasteiger partial charge in [0.15, 0.2) is 0 Å². The molecule has 3 heteroatoms. The monoisotopic (exact) mass is 209 g/mol. The Kier molecular flexibility index (Phi) is 3.83. The first-order chi connectivity index (χ1) is 7.07. The lowest BCUT2D eigenvalue weighted by Crippen LogP contribution is -2.14. The summed E-state index contributed by atoms with van der Waals surface area (Å²) in [7, 11) is 3.60. The number of carbonyl (C=O) groups is 1. The summed E-state index contributed by atoms with van der Waals surface area (Å²) in [6.45, 7) is 1.93. The van der Waals surface area contributed by atoms with E-state index in [2.05, 4.69) is 0 Å². The summed E-state index contributed by atoms with van der Waals surface area (Å²) in [5.74, 6) is -0.189. The molecule has 0 bridgehead atoms. The second-order valence-corrected chi connectivity index (χ2v) is 3.88. The molecule has 1 atom stereocenters. The molecule has 0 amide bonds. The smallest absolute Gasteiger partial charge is 0.146 e. The van der Waals surface area contributed by atoms with Crippen molar-refractivity contribution in [2.75, 3.05) is 19.0 Å². The van der Waals surface area contributed by atoms with Crippen molar-refractivity contribution in [1.29, 1.82) is 0 Å². The maximum atomic E-state index is 13.6. The van der Waals surface area contributed by atoms with Gasteiger partial charge in [-0.3, -0.25) is 0 Å². The summed E-state index contributed by atoms with van der Waals surface area (Å²) in [5, 5.41) is 0. The Morgan fingerprint density at radius 2 is 2.13 bits per heavy atom. The Bertz CT molecular complexity index is 349. The van der Waals surface area contributed by atoms with Crippen LogP contribution in [-0.4, -0.2) is 20.4 Å². The van der Waals surface area contributed by atoms with E-state index in [0.29, 0.717) is 12.1 Å². The minimum absolute atomic E-state index is 0.0515. The number of hydrogen-bond donors (Lipinski definition) is 0. The van der Waals surface area contributed by atoms with E-state index in [-0.39, 0.29) is 11.7 Å². The highest BCUT2D eigenvalue weighted by Crippen LogP contribution is 2.30. The number of anilines is 1. The van der Waals surface area contributed by atoms with E-state index in [1.54, 1.807) is 25.1 Å². The van der Waals surface area contributed by atoms with E-state index in [1.807, 2.05) is 13.0 Å². The maximum absolute atomic E-state index is 13.6. The van der Waals surface area contributed by atoms with Crippen LogP contribution in [0.3, 0.4) is 0 Å². The van der Waals surface area contributed by atoms with Crippen LogP contribution in [0.5, 0.6) is 0 Å². The van der Waals surface area contributed by atoms with E-state index < -0.39 is 0 Å². The van der Waals surface area contributed by atoms with Crippen molar-refractivity contribution >= 4 is 12.0 Å². The summed E-state index contributed by atoms with van der Waals surface area (Å²) in [4.78, 5) is 12.2. The molecule has 0 aliphatic heterocycles. The van der Waals surface area contributed by atoms with Crippen LogP contribution in [0, 0.1) is 5.82 Å². The average Bonchev–Trinajstić information content (AvgIpc) is 2.17. The van der Waals surface area contributed by atoms with Crippen LogP contribution in [0.25, 0.3) is 0 Å². The predicted molar refractivity (Wildman–Crippen MR) is 59.8 cm³/mol. The van der Waals surface area contributed by atoms with Gasteiger partial charge in [0, 0.05) is 20.5 Å². The molecule has 0 aromatic heterocycles. The molecule has 0 N–H and O–H groups in total. The van der Waals surface area contributed by atoms with Crippen molar-refractivity contribution in [2.45, 2.75) is 19.3 Å². The van der Waals surface area contributed by atoms with Crippen molar-refractivity contribution in [3.8, 4) is 0 Å². The van der Waals surface area contributed by atoms with Crippen LogP contribution in [-0.2, 0) is 4.79 Å². The topological polar surface area (TPSA) is 20.3 Å². The van der Waals surface area contributed by atoms with Gasteiger partial charge in [0.1, 0.15) is 12.1 Å². The molecule has 1 rings (SSSR count). The summed E-state index contributed by atoms with van der Waals surface area (Å²) < 4.78 is 13.6. The van der Waals surface area contributed by atoms with Gasteiger partial charge < -0.3 is 9.69 Å². The molecule has 0 aliphatic rings. The molecule has 1 aromatic carbocycles. The number of carbonyl (C=O) groups excluding carboxylic acids is 1. The van der Waals surface area contributed by atoms with E-state index in [1.165, 1.54) is 6.07 Å².